The zero-order valence-electron chi connectivity index (χ0n) is 13.6. The molecule has 0 radical (unpaired) electrons. The van der Waals surface area contributed by atoms with Crippen molar-refractivity contribution >= 4 is 17.5 Å². The Morgan fingerprint density at radius 2 is 2.04 bits per heavy atom. The molecule has 5 nitrogen and oxygen atoms in total. The highest BCUT2D eigenvalue weighted by Crippen LogP contribution is 2.15. The highest BCUT2D eigenvalue weighted by molar-refractivity contribution is 6.30. The van der Waals surface area contributed by atoms with Gasteiger partial charge in [0.25, 0.3) is 0 Å². The summed E-state index contributed by atoms with van der Waals surface area (Å²) in [5.41, 5.74) is 1.19. The van der Waals surface area contributed by atoms with E-state index < -0.39 is 0 Å². The van der Waals surface area contributed by atoms with Gasteiger partial charge in [-0.1, -0.05) is 30.7 Å². The van der Waals surface area contributed by atoms with E-state index in [1.54, 1.807) is 0 Å². The van der Waals surface area contributed by atoms with E-state index in [0.717, 1.165) is 36.7 Å². The summed E-state index contributed by atoms with van der Waals surface area (Å²) in [5, 5.41) is 7.95. The number of hydrogen-bond acceptors (Lipinski definition) is 3. The molecule has 0 bridgehead atoms. The number of nitrogens with zero attached hydrogens (tertiary/aromatic N) is 3. The van der Waals surface area contributed by atoms with Crippen LogP contribution in [0.25, 0.3) is 0 Å². The van der Waals surface area contributed by atoms with Gasteiger partial charge in [0.1, 0.15) is 12.2 Å². The minimum absolute atomic E-state index is 0.0523. The van der Waals surface area contributed by atoms with Gasteiger partial charge in [-0.3, -0.25) is 4.79 Å². The van der Waals surface area contributed by atoms with Crippen LogP contribution in [0, 0.1) is 0 Å². The van der Waals surface area contributed by atoms with Gasteiger partial charge in [0.2, 0.25) is 5.91 Å². The first-order valence-corrected chi connectivity index (χ1v) is 8.43. The molecule has 0 spiro atoms. The summed E-state index contributed by atoms with van der Waals surface area (Å²) in [6.45, 7) is 4.80. The van der Waals surface area contributed by atoms with Crippen LogP contribution in [0.3, 0.4) is 0 Å². The Kier molecular flexibility index (Phi) is 6.59. The Morgan fingerprint density at radius 1 is 1.30 bits per heavy atom. The fraction of sp³-hybridized carbons (Fsp3) is 0.471. The summed E-state index contributed by atoms with van der Waals surface area (Å²) in [7, 11) is 0. The first-order chi connectivity index (χ1) is 11.1. The number of aromatic nitrogens is 3. The van der Waals surface area contributed by atoms with Crippen LogP contribution in [0.2, 0.25) is 5.02 Å². The molecule has 2 rings (SSSR count). The molecule has 1 heterocycles. The zero-order chi connectivity index (χ0) is 16.7. The second kappa shape index (κ2) is 8.67. The summed E-state index contributed by atoms with van der Waals surface area (Å²) in [6.07, 6.45) is 4.51. The fourth-order valence-corrected chi connectivity index (χ4v) is 2.63. The maximum atomic E-state index is 12.2. The highest BCUT2D eigenvalue weighted by Gasteiger charge is 2.17. The molecule has 1 aromatic carbocycles. The van der Waals surface area contributed by atoms with Crippen molar-refractivity contribution in [2.45, 2.75) is 52.1 Å². The van der Waals surface area contributed by atoms with E-state index in [1.807, 2.05) is 42.8 Å². The third kappa shape index (κ3) is 5.06. The monoisotopic (exact) mass is 334 g/mol. The number of benzene rings is 1. The van der Waals surface area contributed by atoms with Gasteiger partial charge >= 0.3 is 0 Å². The third-order valence-corrected chi connectivity index (χ3v) is 4.03. The summed E-state index contributed by atoms with van der Waals surface area (Å²) in [6, 6.07) is 7.67. The molecule has 1 amide bonds. The molecule has 2 aromatic rings. The van der Waals surface area contributed by atoms with E-state index >= 15 is 0 Å². The summed E-state index contributed by atoms with van der Waals surface area (Å²) in [4.78, 5) is 16.4. The van der Waals surface area contributed by atoms with Crippen molar-refractivity contribution in [2.24, 2.45) is 0 Å². The van der Waals surface area contributed by atoms with Crippen LogP contribution in [0.1, 0.15) is 50.5 Å². The Hall–Kier alpha value is -1.88. The fourth-order valence-electron chi connectivity index (χ4n) is 2.51. The van der Waals surface area contributed by atoms with Gasteiger partial charge in [-0.2, -0.15) is 5.10 Å². The first kappa shape index (κ1) is 17.5. The van der Waals surface area contributed by atoms with Gasteiger partial charge in [-0.05, 0) is 43.9 Å². The minimum Gasteiger partial charge on any atom is -0.346 e. The predicted octanol–water partition coefficient (Wildman–Crippen LogP) is 3.54. The molecule has 0 aliphatic carbocycles. The normalized spacial score (nSPS) is 12.1. The molecule has 1 aromatic heterocycles. The molecular weight excluding hydrogens is 312 g/mol. The maximum Gasteiger partial charge on any atom is 0.220 e. The third-order valence-electron chi connectivity index (χ3n) is 3.78. The number of halogens is 1. The summed E-state index contributed by atoms with van der Waals surface area (Å²) in [5.74, 6) is 0.873. The second-order valence-electron chi connectivity index (χ2n) is 5.44. The molecule has 0 saturated carbocycles. The zero-order valence-corrected chi connectivity index (χ0v) is 14.4. The first-order valence-electron chi connectivity index (χ1n) is 8.05. The Bertz CT molecular complexity index is 624. The van der Waals surface area contributed by atoms with Crippen LogP contribution in [-0.2, 0) is 17.8 Å². The van der Waals surface area contributed by atoms with Crippen molar-refractivity contribution in [1.29, 1.82) is 0 Å². The van der Waals surface area contributed by atoms with Crippen molar-refractivity contribution in [2.75, 3.05) is 0 Å². The minimum atomic E-state index is -0.0829. The highest BCUT2D eigenvalue weighted by atomic mass is 35.5. The van der Waals surface area contributed by atoms with Gasteiger partial charge in [-0.25, -0.2) is 9.67 Å². The van der Waals surface area contributed by atoms with E-state index in [-0.39, 0.29) is 11.9 Å². The second-order valence-corrected chi connectivity index (χ2v) is 5.88. The SMILES string of the molecule is CC[C@H](NC(=O)CCCc1ccc(Cl)cc1)c1ncnn1CC. The lowest BCUT2D eigenvalue weighted by Crippen LogP contribution is -2.30. The standard InChI is InChI=1S/C17H23ClN4O/c1-3-15(17-19-12-20-22(17)4-2)21-16(23)7-5-6-13-8-10-14(18)11-9-13/h8-12,15H,3-7H2,1-2H3,(H,21,23)/t15-/m0/s1. The topological polar surface area (TPSA) is 59.8 Å². The molecule has 0 aliphatic rings. The van der Waals surface area contributed by atoms with Crippen LogP contribution in [0.5, 0.6) is 0 Å². The summed E-state index contributed by atoms with van der Waals surface area (Å²) >= 11 is 5.87. The Labute approximate surface area is 142 Å². The molecule has 0 saturated heterocycles. The van der Waals surface area contributed by atoms with E-state index in [4.69, 9.17) is 11.6 Å². The molecule has 23 heavy (non-hydrogen) atoms. The van der Waals surface area contributed by atoms with Crippen LogP contribution in [-0.4, -0.2) is 20.7 Å². The van der Waals surface area contributed by atoms with Crippen LogP contribution in [0.15, 0.2) is 30.6 Å². The molecule has 124 valence electrons. The van der Waals surface area contributed by atoms with E-state index in [0.29, 0.717) is 6.42 Å². The molecule has 1 N–H and O–H groups in total. The quantitative estimate of drug-likeness (QED) is 0.803. The van der Waals surface area contributed by atoms with E-state index in [9.17, 15) is 4.79 Å². The number of nitrogens with one attached hydrogen (secondary N) is 1. The van der Waals surface area contributed by atoms with Crippen LogP contribution >= 0.6 is 11.6 Å². The van der Waals surface area contributed by atoms with Crippen molar-refractivity contribution in [3.05, 3.63) is 47.0 Å². The van der Waals surface area contributed by atoms with Gasteiger partial charge in [0, 0.05) is 18.0 Å². The van der Waals surface area contributed by atoms with Gasteiger partial charge < -0.3 is 5.32 Å². The number of carbonyl (C=O) groups excluding carboxylic acids is 1. The van der Waals surface area contributed by atoms with Crippen molar-refractivity contribution in [3.8, 4) is 0 Å². The van der Waals surface area contributed by atoms with Gasteiger partial charge in [-0.15, -0.1) is 0 Å². The smallest absolute Gasteiger partial charge is 0.220 e. The maximum absolute atomic E-state index is 12.2. The average molecular weight is 335 g/mol. The van der Waals surface area contributed by atoms with Crippen molar-refractivity contribution in [1.82, 2.24) is 20.1 Å². The largest absolute Gasteiger partial charge is 0.346 e. The lowest BCUT2D eigenvalue weighted by Gasteiger charge is -2.16. The number of aryl methyl sites for hydroxylation is 2. The number of hydrogen-bond donors (Lipinski definition) is 1. The molecule has 0 unspecified atom stereocenters. The Morgan fingerprint density at radius 3 is 2.70 bits per heavy atom. The van der Waals surface area contributed by atoms with Crippen LogP contribution < -0.4 is 5.32 Å². The van der Waals surface area contributed by atoms with Gasteiger partial charge in [0.15, 0.2) is 0 Å². The molecule has 0 aliphatic heterocycles. The molecule has 1 atom stereocenters. The number of carbonyl (C=O) groups is 1. The molecular formula is C17H23ClN4O. The number of rotatable bonds is 8. The molecule has 6 heteroatoms. The lowest BCUT2D eigenvalue weighted by molar-refractivity contribution is -0.122. The Balaban J connectivity index is 1.82. The lowest BCUT2D eigenvalue weighted by atomic mass is 10.1. The molecule has 0 fully saturated rings. The average Bonchev–Trinajstić information content (AvgIpc) is 3.03. The predicted molar refractivity (Wildman–Crippen MR) is 91.3 cm³/mol. The number of amides is 1. The van der Waals surface area contributed by atoms with E-state index in [2.05, 4.69) is 15.4 Å². The summed E-state index contributed by atoms with van der Waals surface area (Å²) < 4.78 is 1.82. The van der Waals surface area contributed by atoms with Crippen LogP contribution in [0.4, 0.5) is 0 Å². The van der Waals surface area contributed by atoms with Gasteiger partial charge in [0.05, 0.1) is 6.04 Å². The van der Waals surface area contributed by atoms with Crippen molar-refractivity contribution in [3.63, 3.8) is 0 Å². The van der Waals surface area contributed by atoms with E-state index in [1.165, 1.54) is 11.9 Å². The van der Waals surface area contributed by atoms with Crippen molar-refractivity contribution < 1.29 is 4.79 Å².